The first kappa shape index (κ1) is 13.2. The zero-order chi connectivity index (χ0) is 13.7. The van der Waals surface area contributed by atoms with Gasteiger partial charge in [-0.05, 0) is 25.7 Å². The van der Waals surface area contributed by atoms with E-state index in [1.54, 1.807) is 0 Å². The van der Waals surface area contributed by atoms with Gasteiger partial charge < -0.3 is 14.2 Å². The molecule has 2 bridgehead atoms. The summed E-state index contributed by atoms with van der Waals surface area (Å²) in [4.78, 5) is 11.4. The van der Waals surface area contributed by atoms with Crippen molar-refractivity contribution in [2.24, 2.45) is 11.8 Å². The Labute approximate surface area is 110 Å². The predicted molar refractivity (Wildman–Crippen MR) is 60.6 cm³/mol. The Morgan fingerprint density at radius 3 is 2.63 bits per heavy atom. The minimum Gasteiger partial charge on any atom is -0.452 e. The van der Waals surface area contributed by atoms with Gasteiger partial charge in [0.15, 0.2) is 6.10 Å². The van der Waals surface area contributed by atoms with Gasteiger partial charge in [-0.15, -0.1) is 0 Å². The van der Waals surface area contributed by atoms with Crippen molar-refractivity contribution >= 4 is 5.97 Å². The molecule has 3 rings (SSSR count). The third-order valence-electron chi connectivity index (χ3n) is 4.40. The van der Waals surface area contributed by atoms with Crippen LogP contribution in [0.2, 0.25) is 0 Å². The maximum absolute atomic E-state index is 13.0. The van der Waals surface area contributed by atoms with Crippen molar-refractivity contribution in [2.75, 3.05) is 13.2 Å². The molecular formula is C13H18F2O4. The Morgan fingerprint density at radius 1 is 1.32 bits per heavy atom. The topological polar surface area (TPSA) is 44.8 Å². The normalized spacial score (nSPS) is 36.7. The molecule has 108 valence electrons. The molecule has 3 unspecified atom stereocenters. The van der Waals surface area contributed by atoms with Gasteiger partial charge in [0.2, 0.25) is 5.79 Å². The molecule has 3 aliphatic rings. The highest BCUT2D eigenvalue weighted by Gasteiger charge is 2.64. The van der Waals surface area contributed by atoms with Crippen LogP contribution >= 0.6 is 0 Å². The van der Waals surface area contributed by atoms with E-state index in [-0.39, 0.29) is 11.8 Å². The average Bonchev–Trinajstić information content (AvgIpc) is 2.92. The number of ether oxygens (including phenoxy) is 3. The first-order valence-electron chi connectivity index (χ1n) is 6.80. The number of alkyl halides is 2. The van der Waals surface area contributed by atoms with Crippen molar-refractivity contribution in [3.8, 4) is 0 Å². The van der Waals surface area contributed by atoms with Gasteiger partial charge in [0.25, 0.3) is 0 Å². The number of hydrogen-bond acceptors (Lipinski definition) is 4. The summed E-state index contributed by atoms with van der Waals surface area (Å²) in [5, 5.41) is 0. The Balaban J connectivity index is 1.80. The molecule has 3 atom stereocenters. The molecule has 0 N–H and O–H groups in total. The molecule has 4 nitrogen and oxygen atoms in total. The second-order valence-electron chi connectivity index (χ2n) is 5.76. The van der Waals surface area contributed by atoms with E-state index in [1.807, 2.05) is 0 Å². The summed E-state index contributed by atoms with van der Waals surface area (Å²) in [5.74, 6) is -5.70. The largest absolute Gasteiger partial charge is 0.452 e. The summed E-state index contributed by atoms with van der Waals surface area (Å²) in [6.45, 7) is 1.61. The highest BCUT2D eigenvalue weighted by Crippen LogP contribution is 2.55. The molecule has 0 aromatic carbocycles. The summed E-state index contributed by atoms with van der Waals surface area (Å²) < 4.78 is 42.6. The highest BCUT2D eigenvalue weighted by atomic mass is 19.3. The predicted octanol–water partition coefficient (Wildman–Crippen LogP) is 2.12. The maximum atomic E-state index is 13.0. The maximum Gasteiger partial charge on any atom is 0.377 e. The number of hydrogen-bond donors (Lipinski definition) is 0. The van der Waals surface area contributed by atoms with Gasteiger partial charge in [-0.1, -0.05) is 0 Å². The molecule has 0 aromatic heterocycles. The van der Waals surface area contributed by atoms with Crippen LogP contribution in [0, 0.1) is 11.8 Å². The molecule has 1 aliphatic heterocycles. The Morgan fingerprint density at radius 2 is 2.00 bits per heavy atom. The van der Waals surface area contributed by atoms with Gasteiger partial charge in [-0.3, -0.25) is 0 Å². The van der Waals surface area contributed by atoms with Crippen LogP contribution in [-0.4, -0.2) is 37.0 Å². The zero-order valence-corrected chi connectivity index (χ0v) is 10.9. The Kier molecular flexibility index (Phi) is 3.05. The summed E-state index contributed by atoms with van der Waals surface area (Å²) in [6.07, 6.45) is 2.75. The molecule has 0 amide bonds. The molecular weight excluding hydrogens is 258 g/mol. The summed E-state index contributed by atoms with van der Waals surface area (Å²) in [6, 6.07) is 0. The van der Waals surface area contributed by atoms with Crippen molar-refractivity contribution in [1.82, 2.24) is 0 Å². The molecule has 3 fully saturated rings. The van der Waals surface area contributed by atoms with Gasteiger partial charge in [0.05, 0.1) is 13.2 Å². The average molecular weight is 276 g/mol. The van der Waals surface area contributed by atoms with Crippen LogP contribution in [0.25, 0.3) is 0 Å². The lowest BCUT2D eigenvalue weighted by Crippen LogP contribution is -2.56. The van der Waals surface area contributed by atoms with E-state index in [0.29, 0.717) is 20.1 Å². The molecule has 2 aliphatic carbocycles. The molecule has 0 aromatic rings. The van der Waals surface area contributed by atoms with Gasteiger partial charge >= 0.3 is 11.9 Å². The number of carbonyl (C=O) groups is 1. The third kappa shape index (κ3) is 2.05. The van der Waals surface area contributed by atoms with E-state index in [2.05, 4.69) is 0 Å². The minimum atomic E-state index is -3.47. The molecule has 6 heteroatoms. The van der Waals surface area contributed by atoms with Crippen molar-refractivity contribution in [3.63, 3.8) is 0 Å². The van der Waals surface area contributed by atoms with Crippen LogP contribution in [0.5, 0.6) is 0 Å². The minimum absolute atomic E-state index is 0.0781. The van der Waals surface area contributed by atoms with E-state index in [4.69, 9.17) is 14.2 Å². The molecule has 2 saturated carbocycles. The van der Waals surface area contributed by atoms with E-state index < -0.39 is 23.8 Å². The standard InChI is InChI=1S/C13H18F2O4/c1-12(14,15)11(16)19-10-8-3-4-9(7-8)13(10)17-5-2-6-18-13/h8-10H,2-7H2,1H3. The third-order valence-corrected chi connectivity index (χ3v) is 4.40. The zero-order valence-electron chi connectivity index (χ0n) is 10.9. The van der Waals surface area contributed by atoms with Crippen molar-refractivity contribution in [2.45, 2.75) is 50.4 Å². The van der Waals surface area contributed by atoms with Crippen molar-refractivity contribution < 1.29 is 27.8 Å². The number of carbonyl (C=O) groups excluding carboxylic acids is 1. The quantitative estimate of drug-likeness (QED) is 0.725. The Hall–Kier alpha value is -0.750. The summed E-state index contributed by atoms with van der Waals surface area (Å²) >= 11 is 0. The second kappa shape index (κ2) is 4.38. The van der Waals surface area contributed by atoms with E-state index in [1.165, 1.54) is 0 Å². The number of esters is 1. The van der Waals surface area contributed by atoms with Gasteiger partial charge in [-0.2, -0.15) is 8.78 Å². The van der Waals surface area contributed by atoms with Gasteiger partial charge in [0.1, 0.15) is 0 Å². The number of halogens is 2. The number of fused-ring (bicyclic) bond motifs is 3. The smallest absolute Gasteiger partial charge is 0.377 e. The van der Waals surface area contributed by atoms with Gasteiger partial charge in [0, 0.05) is 18.8 Å². The van der Waals surface area contributed by atoms with E-state index in [0.717, 1.165) is 25.7 Å². The monoisotopic (exact) mass is 276 g/mol. The van der Waals surface area contributed by atoms with Crippen LogP contribution in [0.15, 0.2) is 0 Å². The molecule has 0 radical (unpaired) electrons. The van der Waals surface area contributed by atoms with Crippen LogP contribution in [0.3, 0.4) is 0 Å². The van der Waals surface area contributed by atoms with Crippen LogP contribution < -0.4 is 0 Å². The molecule has 1 spiro atoms. The lowest BCUT2D eigenvalue weighted by atomic mass is 9.90. The first-order chi connectivity index (χ1) is 8.93. The fraction of sp³-hybridized carbons (Fsp3) is 0.923. The number of rotatable bonds is 2. The highest BCUT2D eigenvalue weighted by molar-refractivity contribution is 5.77. The fourth-order valence-corrected chi connectivity index (χ4v) is 3.58. The summed E-state index contributed by atoms with van der Waals surface area (Å²) in [7, 11) is 0. The fourth-order valence-electron chi connectivity index (χ4n) is 3.58. The van der Waals surface area contributed by atoms with E-state index in [9.17, 15) is 13.6 Å². The second-order valence-corrected chi connectivity index (χ2v) is 5.76. The molecule has 1 saturated heterocycles. The first-order valence-corrected chi connectivity index (χ1v) is 6.80. The Bertz CT molecular complexity index is 373. The SMILES string of the molecule is CC(F)(F)C(=O)OC1C2CCC(C2)C12OCCCO2. The van der Waals surface area contributed by atoms with Crippen LogP contribution in [0.1, 0.15) is 32.6 Å². The lowest BCUT2D eigenvalue weighted by molar-refractivity contribution is -0.329. The van der Waals surface area contributed by atoms with Gasteiger partial charge in [-0.25, -0.2) is 4.79 Å². The molecule has 1 heterocycles. The van der Waals surface area contributed by atoms with E-state index >= 15 is 0 Å². The van der Waals surface area contributed by atoms with Crippen LogP contribution in [-0.2, 0) is 19.0 Å². The van der Waals surface area contributed by atoms with Crippen LogP contribution in [0.4, 0.5) is 8.78 Å². The summed E-state index contributed by atoms with van der Waals surface area (Å²) in [5.41, 5.74) is 0. The van der Waals surface area contributed by atoms with Crippen molar-refractivity contribution in [1.29, 1.82) is 0 Å². The lowest BCUT2D eigenvalue weighted by Gasteiger charge is -2.44. The van der Waals surface area contributed by atoms with Crippen molar-refractivity contribution in [3.05, 3.63) is 0 Å². The molecule has 19 heavy (non-hydrogen) atoms.